The number of pyridine rings is 1. The molecule has 3 heterocycles. The summed E-state index contributed by atoms with van der Waals surface area (Å²) in [4.78, 5) is 12.3. The summed E-state index contributed by atoms with van der Waals surface area (Å²) in [5.74, 6) is -2.77. The van der Waals surface area contributed by atoms with Crippen molar-refractivity contribution in [2.24, 2.45) is 5.92 Å². The Morgan fingerprint density at radius 2 is 2.24 bits per heavy atom. The van der Waals surface area contributed by atoms with E-state index in [-0.39, 0.29) is 13.0 Å². The van der Waals surface area contributed by atoms with E-state index in [1.807, 2.05) is 0 Å². The molecule has 1 fully saturated rings. The Balaban J connectivity index is 1.76. The van der Waals surface area contributed by atoms with Gasteiger partial charge in [-0.2, -0.15) is 0 Å². The number of halogens is 2. The van der Waals surface area contributed by atoms with Crippen molar-refractivity contribution in [3.05, 3.63) is 24.8 Å². The highest BCUT2D eigenvalue weighted by Crippen LogP contribution is 2.32. The molecule has 0 saturated carbocycles. The molecule has 2 aromatic heterocycles. The van der Waals surface area contributed by atoms with Gasteiger partial charge in [-0.1, -0.05) is 0 Å². The molecule has 1 unspecified atom stereocenters. The number of hydrogen-bond donors (Lipinski definition) is 2. The van der Waals surface area contributed by atoms with Gasteiger partial charge in [0.05, 0.1) is 11.7 Å². The number of rotatable bonds is 3. The van der Waals surface area contributed by atoms with Gasteiger partial charge in [0, 0.05) is 37.0 Å². The molecule has 3 rings (SSSR count). The Morgan fingerprint density at radius 3 is 3.14 bits per heavy atom. The van der Waals surface area contributed by atoms with Crippen LogP contribution >= 0.6 is 0 Å². The van der Waals surface area contributed by atoms with Crippen molar-refractivity contribution >= 4 is 16.7 Å². The van der Waals surface area contributed by atoms with Gasteiger partial charge >= 0.3 is 0 Å². The van der Waals surface area contributed by atoms with Crippen molar-refractivity contribution < 1.29 is 8.78 Å². The zero-order valence-corrected chi connectivity index (χ0v) is 11.5. The number of alkyl halides is 2. The zero-order chi connectivity index (χ0) is 14.7. The lowest BCUT2D eigenvalue weighted by Crippen LogP contribution is -2.33. The highest BCUT2D eigenvalue weighted by atomic mass is 19.3. The first kappa shape index (κ1) is 14.1. The van der Waals surface area contributed by atoms with E-state index in [0.717, 1.165) is 5.39 Å². The van der Waals surface area contributed by atoms with Crippen molar-refractivity contribution in [3.8, 4) is 0 Å². The molecule has 112 valence electrons. The van der Waals surface area contributed by atoms with Crippen LogP contribution in [0.2, 0.25) is 0 Å². The average Bonchev–Trinajstić information content (AvgIpc) is 2.66. The lowest BCUT2D eigenvalue weighted by atomic mass is 9.96. The smallest absolute Gasteiger partial charge is 0.253 e. The number of hydrogen-bond acceptors (Lipinski definition) is 5. The van der Waals surface area contributed by atoms with E-state index in [2.05, 4.69) is 25.6 Å². The van der Waals surface area contributed by atoms with Crippen molar-refractivity contribution in [3.63, 3.8) is 0 Å². The van der Waals surface area contributed by atoms with E-state index in [1.54, 1.807) is 18.5 Å². The van der Waals surface area contributed by atoms with Gasteiger partial charge in [0.2, 0.25) is 0 Å². The van der Waals surface area contributed by atoms with Crippen molar-refractivity contribution in [2.45, 2.75) is 18.8 Å². The molecule has 21 heavy (non-hydrogen) atoms. The summed E-state index contributed by atoms with van der Waals surface area (Å²) in [6, 6.07) is 1.78. The molecule has 1 aliphatic rings. The van der Waals surface area contributed by atoms with Crippen LogP contribution in [0, 0.1) is 5.92 Å². The van der Waals surface area contributed by atoms with E-state index >= 15 is 0 Å². The van der Waals surface area contributed by atoms with Gasteiger partial charge in [-0.25, -0.2) is 18.7 Å². The molecule has 1 saturated heterocycles. The highest BCUT2D eigenvalue weighted by Gasteiger charge is 2.39. The Morgan fingerprint density at radius 1 is 1.33 bits per heavy atom. The summed E-state index contributed by atoms with van der Waals surface area (Å²) >= 11 is 0. The predicted molar refractivity (Wildman–Crippen MR) is 76.4 cm³/mol. The minimum atomic E-state index is -2.65. The standard InChI is InChI=1S/C14H17F2N5/c15-14(16)3-6-17-4-1-10(14)7-19-13-11-2-5-18-8-12(11)20-9-21-13/h2,5,8-10,17H,1,3-4,6-7H2,(H,19,20,21). The van der Waals surface area contributed by atoms with Gasteiger partial charge in [0.1, 0.15) is 12.1 Å². The van der Waals surface area contributed by atoms with Gasteiger partial charge in [-0.15, -0.1) is 0 Å². The van der Waals surface area contributed by atoms with Crippen LogP contribution in [0.25, 0.3) is 10.9 Å². The fourth-order valence-electron chi connectivity index (χ4n) is 2.59. The Kier molecular flexibility index (Phi) is 3.92. The van der Waals surface area contributed by atoms with Gasteiger partial charge in [0.15, 0.2) is 0 Å². The van der Waals surface area contributed by atoms with Crippen LogP contribution in [0.15, 0.2) is 24.8 Å². The maximum atomic E-state index is 14.0. The van der Waals surface area contributed by atoms with Gasteiger partial charge in [-0.05, 0) is 19.0 Å². The van der Waals surface area contributed by atoms with Crippen LogP contribution in [-0.4, -0.2) is 40.5 Å². The number of nitrogens with one attached hydrogen (secondary N) is 2. The molecule has 0 spiro atoms. The molecule has 7 heteroatoms. The minimum absolute atomic E-state index is 0.117. The number of fused-ring (bicyclic) bond motifs is 1. The largest absolute Gasteiger partial charge is 0.369 e. The molecule has 1 aliphatic heterocycles. The van der Waals surface area contributed by atoms with Crippen molar-refractivity contribution in [1.82, 2.24) is 20.3 Å². The number of nitrogens with zero attached hydrogens (tertiary/aromatic N) is 3. The van der Waals surface area contributed by atoms with Gasteiger partial charge in [0.25, 0.3) is 5.92 Å². The maximum absolute atomic E-state index is 14.0. The van der Waals surface area contributed by atoms with Crippen LogP contribution in [0.5, 0.6) is 0 Å². The van der Waals surface area contributed by atoms with Crippen LogP contribution in [0.4, 0.5) is 14.6 Å². The van der Waals surface area contributed by atoms with Crippen LogP contribution in [-0.2, 0) is 0 Å². The molecule has 2 N–H and O–H groups in total. The van der Waals surface area contributed by atoms with E-state index in [4.69, 9.17) is 0 Å². The second kappa shape index (κ2) is 5.85. The van der Waals surface area contributed by atoms with Crippen LogP contribution in [0.1, 0.15) is 12.8 Å². The summed E-state index contributed by atoms with van der Waals surface area (Å²) in [6.45, 7) is 1.19. The van der Waals surface area contributed by atoms with E-state index in [0.29, 0.717) is 30.8 Å². The van der Waals surface area contributed by atoms with Gasteiger partial charge in [-0.3, -0.25) is 4.98 Å². The topological polar surface area (TPSA) is 62.7 Å². The molecule has 0 bridgehead atoms. The molecule has 0 amide bonds. The first-order valence-corrected chi connectivity index (χ1v) is 7.04. The highest BCUT2D eigenvalue weighted by molar-refractivity contribution is 5.87. The van der Waals surface area contributed by atoms with E-state index in [1.165, 1.54) is 6.33 Å². The third-order valence-corrected chi connectivity index (χ3v) is 3.86. The summed E-state index contributed by atoms with van der Waals surface area (Å²) in [7, 11) is 0. The molecule has 2 aromatic rings. The second-order valence-corrected chi connectivity index (χ2v) is 5.24. The summed E-state index contributed by atoms with van der Waals surface area (Å²) < 4.78 is 28.0. The SMILES string of the molecule is FC1(F)CCNCCC1CNc1ncnc2cnccc12. The zero-order valence-electron chi connectivity index (χ0n) is 11.5. The quantitative estimate of drug-likeness (QED) is 0.907. The number of aromatic nitrogens is 3. The first-order valence-electron chi connectivity index (χ1n) is 7.04. The molecule has 0 aromatic carbocycles. The fourth-order valence-corrected chi connectivity index (χ4v) is 2.59. The number of anilines is 1. The third kappa shape index (κ3) is 3.07. The Hall–Kier alpha value is -1.89. The Labute approximate surface area is 121 Å². The molecular weight excluding hydrogens is 276 g/mol. The fraction of sp³-hybridized carbons (Fsp3) is 0.500. The lowest BCUT2D eigenvalue weighted by molar-refractivity contribution is -0.0553. The summed E-state index contributed by atoms with van der Waals surface area (Å²) in [5, 5.41) is 6.87. The second-order valence-electron chi connectivity index (χ2n) is 5.24. The molecule has 0 aliphatic carbocycles. The van der Waals surface area contributed by atoms with Crippen molar-refractivity contribution in [1.29, 1.82) is 0 Å². The monoisotopic (exact) mass is 293 g/mol. The molecule has 5 nitrogen and oxygen atoms in total. The van der Waals surface area contributed by atoms with E-state index < -0.39 is 11.8 Å². The van der Waals surface area contributed by atoms with Crippen LogP contribution < -0.4 is 10.6 Å². The van der Waals surface area contributed by atoms with Crippen LogP contribution in [0.3, 0.4) is 0 Å². The summed E-state index contributed by atoms with van der Waals surface area (Å²) in [6.07, 6.45) is 5.02. The van der Waals surface area contributed by atoms with Crippen molar-refractivity contribution in [2.75, 3.05) is 25.0 Å². The molecular formula is C14H17F2N5. The summed E-state index contributed by atoms with van der Waals surface area (Å²) in [5.41, 5.74) is 0.698. The van der Waals surface area contributed by atoms with Gasteiger partial charge < -0.3 is 10.6 Å². The first-order chi connectivity index (χ1) is 10.2. The third-order valence-electron chi connectivity index (χ3n) is 3.86. The van der Waals surface area contributed by atoms with E-state index in [9.17, 15) is 8.78 Å². The lowest BCUT2D eigenvalue weighted by Gasteiger charge is -2.24. The molecule has 1 atom stereocenters. The predicted octanol–water partition coefficient (Wildman–Crippen LogP) is 2.07. The average molecular weight is 293 g/mol. The molecule has 0 radical (unpaired) electrons. The Bertz CT molecular complexity index is 614. The normalized spacial score (nSPS) is 21.9. The minimum Gasteiger partial charge on any atom is -0.369 e. The maximum Gasteiger partial charge on any atom is 0.253 e.